The van der Waals surface area contributed by atoms with Crippen molar-refractivity contribution in [3.05, 3.63) is 0 Å². The fourth-order valence-corrected chi connectivity index (χ4v) is 3.10. The minimum Gasteiger partial charge on any atom is -0.377 e. The molecule has 0 aromatic carbocycles. The first kappa shape index (κ1) is 11.4. The summed E-state index contributed by atoms with van der Waals surface area (Å²) in [4.78, 5) is 0. The molecule has 0 saturated heterocycles. The molecule has 5 heteroatoms. The lowest BCUT2D eigenvalue weighted by Gasteiger charge is -2.24. The lowest BCUT2D eigenvalue weighted by molar-refractivity contribution is 0.123. The van der Waals surface area contributed by atoms with Crippen LogP contribution in [-0.4, -0.2) is 35.5 Å². The van der Waals surface area contributed by atoms with Gasteiger partial charge in [-0.25, -0.2) is 0 Å². The fourth-order valence-electron chi connectivity index (χ4n) is 0.844. The lowest BCUT2D eigenvalue weighted by Crippen LogP contribution is -2.44. The van der Waals surface area contributed by atoms with Gasteiger partial charge < -0.3 is 13.3 Å². The van der Waals surface area contributed by atoms with Gasteiger partial charge in [-0.1, -0.05) is 0 Å². The van der Waals surface area contributed by atoms with E-state index in [0.717, 1.165) is 0 Å². The van der Waals surface area contributed by atoms with Crippen LogP contribution in [0.15, 0.2) is 0 Å². The summed E-state index contributed by atoms with van der Waals surface area (Å²) < 4.78 is 15.5. The maximum absolute atomic E-state index is 5.79. The van der Waals surface area contributed by atoms with Crippen molar-refractivity contribution < 1.29 is 13.3 Å². The summed E-state index contributed by atoms with van der Waals surface area (Å²) in [6.45, 7) is 1.89. The average molecular weight is 199 g/mol. The third kappa shape index (κ3) is 3.53. The molecule has 0 spiro atoms. The highest BCUT2D eigenvalue weighted by Gasteiger charge is 2.38. The van der Waals surface area contributed by atoms with E-state index in [1.165, 1.54) is 0 Å². The molecule has 1 atom stereocenters. The second kappa shape index (κ2) is 5.11. The van der Waals surface area contributed by atoms with Gasteiger partial charge in [0.2, 0.25) is 0 Å². The average Bonchev–Trinajstić information content (AvgIpc) is 2.00. The molecule has 1 unspecified atom stereocenters. The summed E-state index contributed by atoms with van der Waals surface area (Å²) in [6.07, 6.45) is 0. The van der Waals surface area contributed by atoms with E-state index < -0.39 is 8.80 Å². The number of hydrogen-bond acceptors (Lipinski definition) is 3. The molecular formula is C6H15ClO3Si. The molecule has 0 bridgehead atoms. The van der Waals surface area contributed by atoms with Gasteiger partial charge in [0.05, 0.1) is 0 Å². The van der Waals surface area contributed by atoms with Gasteiger partial charge in [0, 0.05) is 32.8 Å². The Morgan fingerprint density at radius 3 is 1.64 bits per heavy atom. The number of hydrogen-bond donors (Lipinski definition) is 0. The molecule has 0 amide bonds. The van der Waals surface area contributed by atoms with Crippen LogP contribution < -0.4 is 0 Å². The fraction of sp³-hybridized carbons (Fsp3) is 1.00. The smallest absolute Gasteiger partial charge is 0.377 e. The van der Waals surface area contributed by atoms with Crippen LogP contribution in [0.25, 0.3) is 0 Å². The van der Waals surface area contributed by atoms with Crippen molar-refractivity contribution >= 4 is 20.4 Å². The zero-order valence-electron chi connectivity index (χ0n) is 7.39. The first-order valence-electron chi connectivity index (χ1n) is 3.39. The molecule has 0 N–H and O–H groups in total. The van der Waals surface area contributed by atoms with E-state index >= 15 is 0 Å². The predicted octanol–water partition coefficient (Wildman–Crippen LogP) is 1.49. The lowest BCUT2D eigenvalue weighted by atomic mass is 10.6. The van der Waals surface area contributed by atoms with Gasteiger partial charge in [-0.05, 0) is 6.92 Å². The summed E-state index contributed by atoms with van der Waals surface area (Å²) in [5.41, 5.74) is 0. The van der Waals surface area contributed by atoms with Crippen molar-refractivity contribution in [2.75, 3.05) is 21.3 Å². The van der Waals surface area contributed by atoms with Crippen molar-refractivity contribution in [3.8, 4) is 0 Å². The molecule has 68 valence electrons. The van der Waals surface area contributed by atoms with E-state index in [0.29, 0.717) is 6.04 Å². The van der Waals surface area contributed by atoms with Crippen LogP contribution in [0, 0.1) is 0 Å². The number of halogens is 1. The van der Waals surface area contributed by atoms with Gasteiger partial charge in [0.15, 0.2) is 0 Å². The molecule has 3 nitrogen and oxygen atoms in total. The highest BCUT2D eigenvalue weighted by atomic mass is 35.5. The second-order valence-electron chi connectivity index (χ2n) is 2.28. The molecule has 0 saturated carbocycles. The molecule has 0 fully saturated rings. The third-order valence-electron chi connectivity index (χ3n) is 1.46. The maximum atomic E-state index is 5.79. The molecule has 11 heavy (non-hydrogen) atoms. The third-order valence-corrected chi connectivity index (χ3v) is 4.86. The summed E-state index contributed by atoms with van der Waals surface area (Å²) in [5, 5.41) is 0.0153. The van der Waals surface area contributed by atoms with E-state index in [4.69, 9.17) is 24.9 Å². The minimum atomic E-state index is -2.41. The Morgan fingerprint density at radius 2 is 1.55 bits per heavy atom. The first-order valence-corrected chi connectivity index (χ1v) is 5.76. The normalized spacial score (nSPS) is 15.0. The molecule has 0 aliphatic heterocycles. The van der Waals surface area contributed by atoms with E-state index in [-0.39, 0.29) is 5.38 Å². The van der Waals surface area contributed by atoms with E-state index in [1.807, 2.05) is 6.92 Å². The Balaban J connectivity index is 4.05. The predicted molar refractivity (Wildman–Crippen MR) is 46.9 cm³/mol. The van der Waals surface area contributed by atoms with Crippen molar-refractivity contribution in [2.24, 2.45) is 0 Å². The Kier molecular flexibility index (Phi) is 5.29. The van der Waals surface area contributed by atoms with Crippen molar-refractivity contribution in [1.29, 1.82) is 0 Å². The monoisotopic (exact) mass is 198 g/mol. The second-order valence-corrected chi connectivity index (χ2v) is 6.02. The highest BCUT2D eigenvalue weighted by molar-refractivity contribution is 6.61. The first-order chi connectivity index (χ1) is 5.10. The quantitative estimate of drug-likeness (QED) is 0.495. The van der Waals surface area contributed by atoms with Gasteiger partial charge in [0.25, 0.3) is 0 Å². The Morgan fingerprint density at radius 1 is 1.18 bits per heavy atom. The van der Waals surface area contributed by atoms with Crippen LogP contribution in [0.1, 0.15) is 6.92 Å². The largest absolute Gasteiger partial charge is 0.501 e. The Bertz CT molecular complexity index is 97.7. The minimum absolute atomic E-state index is 0.0153. The van der Waals surface area contributed by atoms with Crippen molar-refractivity contribution in [3.63, 3.8) is 0 Å². The van der Waals surface area contributed by atoms with Gasteiger partial charge in [-0.2, -0.15) is 0 Å². The van der Waals surface area contributed by atoms with Crippen LogP contribution in [0.2, 0.25) is 6.04 Å². The summed E-state index contributed by atoms with van der Waals surface area (Å²) in [5.74, 6) is 0. The van der Waals surface area contributed by atoms with Gasteiger partial charge in [-0.15, -0.1) is 11.6 Å². The topological polar surface area (TPSA) is 27.7 Å². The molecule has 0 heterocycles. The summed E-state index contributed by atoms with van der Waals surface area (Å²) in [6, 6.07) is 0.637. The molecule has 0 rings (SSSR count). The molecule has 0 aromatic rings. The number of rotatable bonds is 5. The van der Waals surface area contributed by atoms with Crippen LogP contribution in [0.5, 0.6) is 0 Å². The maximum Gasteiger partial charge on any atom is 0.501 e. The van der Waals surface area contributed by atoms with Gasteiger partial charge >= 0.3 is 8.80 Å². The number of alkyl halides is 1. The summed E-state index contributed by atoms with van der Waals surface area (Å²) in [7, 11) is 2.33. The van der Waals surface area contributed by atoms with Crippen LogP contribution >= 0.6 is 11.6 Å². The molecular weight excluding hydrogens is 184 g/mol. The van der Waals surface area contributed by atoms with E-state index in [9.17, 15) is 0 Å². The molecule has 0 radical (unpaired) electrons. The SMILES string of the molecule is CO[Si](CC(C)Cl)(OC)OC. The Labute approximate surface area is 74.0 Å². The standard InChI is InChI=1S/C6H15ClO3Si/c1-6(7)5-11(8-2,9-3)10-4/h6H,5H2,1-4H3. The van der Waals surface area contributed by atoms with Gasteiger partial charge in [0.1, 0.15) is 0 Å². The van der Waals surface area contributed by atoms with Crippen molar-refractivity contribution in [2.45, 2.75) is 18.3 Å². The highest BCUT2D eigenvalue weighted by Crippen LogP contribution is 2.17. The molecule has 0 aliphatic carbocycles. The van der Waals surface area contributed by atoms with Crippen LogP contribution in [0.3, 0.4) is 0 Å². The van der Waals surface area contributed by atoms with Crippen LogP contribution in [0.4, 0.5) is 0 Å². The molecule has 0 aliphatic rings. The van der Waals surface area contributed by atoms with Gasteiger partial charge in [-0.3, -0.25) is 0 Å². The van der Waals surface area contributed by atoms with Crippen molar-refractivity contribution in [1.82, 2.24) is 0 Å². The zero-order valence-corrected chi connectivity index (χ0v) is 9.14. The van der Waals surface area contributed by atoms with E-state index in [1.54, 1.807) is 21.3 Å². The Hall–Kier alpha value is 0.387. The molecule has 0 aromatic heterocycles. The summed E-state index contributed by atoms with van der Waals surface area (Å²) >= 11 is 5.79. The van der Waals surface area contributed by atoms with E-state index in [2.05, 4.69) is 0 Å². The zero-order chi connectivity index (χ0) is 8.91. The van der Waals surface area contributed by atoms with Crippen LogP contribution in [-0.2, 0) is 13.3 Å².